The first-order valence-electron chi connectivity index (χ1n) is 8.37. The Balaban J connectivity index is 2.02. The van der Waals surface area contributed by atoms with Crippen LogP contribution < -0.4 is 5.32 Å². The highest BCUT2D eigenvalue weighted by molar-refractivity contribution is 6.31. The Bertz CT molecular complexity index is 734. The summed E-state index contributed by atoms with van der Waals surface area (Å²) in [7, 11) is 0. The topological polar surface area (TPSA) is 46.9 Å². The van der Waals surface area contributed by atoms with Crippen LogP contribution in [0.5, 0.6) is 0 Å². The van der Waals surface area contributed by atoms with E-state index in [1.54, 1.807) is 0 Å². The molecule has 0 atom stereocenters. The molecule has 0 aliphatic heterocycles. The lowest BCUT2D eigenvalue weighted by atomic mass is 10.1. The zero-order valence-corrected chi connectivity index (χ0v) is 15.9. The van der Waals surface area contributed by atoms with Crippen LogP contribution in [0.15, 0.2) is 18.2 Å². The van der Waals surface area contributed by atoms with Crippen molar-refractivity contribution in [1.82, 2.24) is 9.78 Å². The van der Waals surface area contributed by atoms with Crippen LogP contribution in [0.2, 0.25) is 5.02 Å². The van der Waals surface area contributed by atoms with E-state index in [-0.39, 0.29) is 5.91 Å². The van der Waals surface area contributed by atoms with E-state index in [9.17, 15) is 4.79 Å². The van der Waals surface area contributed by atoms with Crippen molar-refractivity contribution in [3.05, 3.63) is 45.7 Å². The smallest absolute Gasteiger partial charge is 0.224 e. The fourth-order valence-corrected chi connectivity index (χ4v) is 2.99. The van der Waals surface area contributed by atoms with Gasteiger partial charge in [0.05, 0.1) is 5.69 Å². The molecule has 24 heavy (non-hydrogen) atoms. The molecule has 2 rings (SSSR count). The maximum atomic E-state index is 12.3. The number of hydrogen-bond acceptors (Lipinski definition) is 2. The number of halogens is 1. The lowest BCUT2D eigenvalue weighted by Crippen LogP contribution is -2.14. The van der Waals surface area contributed by atoms with E-state index in [2.05, 4.69) is 31.2 Å². The Morgan fingerprint density at radius 3 is 2.67 bits per heavy atom. The third-order valence-corrected chi connectivity index (χ3v) is 4.62. The fourth-order valence-electron chi connectivity index (χ4n) is 2.81. The van der Waals surface area contributed by atoms with E-state index in [4.69, 9.17) is 11.6 Å². The lowest BCUT2D eigenvalue weighted by molar-refractivity contribution is -0.116. The van der Waals surface area contributed by atoms with Crippen molar-refractivity contribution in [2.75, 3.05) is 5.32 Å². The highest BCUT2D eigenvalue weighted by Gasteiger charge is 2.14. The van der Waals surface area contributed by atoms with Gasteiger partial charge in [-0.3, -0.25) is 9.48 Å². The molecule has 4 nitrogen and oxygen atoms in total. The van der Waals surface area contributed by atoms with Gasteiger partial charge in [-0.1, -0.05) is 31.5 Å². The van der Waals surface area contributed by atoms with Crippen LogP contribution in [0.25, 0.3) is 0 Å². The Kier molecular flexibility index (Phi) is 6.05. The van der Waals surface area contributed by atoms with E-state index < -0.39 is 0 Å². The average molecular weight is 348 g/mol. The summed E-state index contributed by atoms with van der Waals surface area (Å²) in [5.41, 5.74) is 5.02. The van der Waals surface area contributed by atoms with Gasteiger partial charge < -0.3 is 5.32 Å². The second kappa shape index (κ2) is 7.84. The summed E-state index contributed by atoms with van der Waals surface area (Å²) < 4.78 is 2.05. The summed E-state index contributed by atoms with van der Waals surface area (Å²) >= 11 is 6.09. The van der Waals surface area contributed by atoms with Crippen LogP contribution in [0.3, 0.4) is 0 Å². The molecule has 0 aliphatic carbocycles. The molecule has 0 unspecified atom stereocenters. The first kappa shape index (κ1) is 18.5. The number of carbonyl (C=O) groups is 1. The molecule has 1 aromatic heterocycles. The molecule has 5 heteroatoms. The van der Waals surface area contributed by atoms with Gasteiger partial charge in [-0.25, -0.2) is 0 Å². The first-order valence-corrected chi connectivity index (χ1v) is 8.75. The van der Waals surface area contributed by atoms with Crippen LogP contribution in [-0.2, 0) is 17.8 Å². The minimum absolute atomic E-state index is 0.00391. The van der Waals surface area contributed by atoms with Crippen molar-refractivity contribution in [3.8, 4) is 0 Å². The summed E-state index contributed by atoms with van der Waals surface area (Å²) in [4.78, 5) is 12.3. The predicted octanol–water partition coefficient (Wildman–Crippen LogP) is 4.69. The van der Waals surface area contributed by atoms with Crippen molar-refractivity contribution in [3.63, 3.8) is 0 Å². The molecule has 1 heterocycles. The number of aromatic nitrogens is 2. The SMILES string of the molecule is Cc1nn(CC(C)C)c(C)c1CCC(=O)Nc1cccc(Cl)c1C. The van der Waals surface area contributed by atoms with Gasteiger partial charge in [-0.2, -0.15) is 5.10 Å². The lowest BCUT2D eigenvalue weighted by Gasteiger charge is -2.10. The molecule has 0 saturated carbocycles. The number of anilines is 1. The Morgan fingerprint density at radius 2 is 2.00 bits per heavy atom. The minimum atomic E-state index is -0.00391. The number of benzene rings is 1. The van der Waals surface area contributed by atoms with Crippen molar-refractivity contribution in [2.24, 2.45) is 5.92 Å². The van der Waals surface area contributed by atoms with Gasteiger partial charge in [0.15, 0.2) is 0 Å². The van der Waals surface area contributed by atoms with Gasteiger partial charge in [-0.05, 0) is 56.4 Å². The van der Waals surface area contributed by atoms with Crippen LogP contribution in [0.4, 0.5) is 5.69 Å². The van der Waals surface area contributed by atoms with Gasteiger partial charge in [0.25, 0.3) is 0 Å². The van der Waals surface area contributed by atoms with Crippen molar-refractivity contribution >= 4 is 23.2 Å². The molecule has 0 radical (unpaired) electrons. The zero-order valence-electron chi connectivity index (χ0n) is 15.1. The molecular weight excluding hydrogens is 322 g/mol. The Morgan fingerprint density at radius 1 is 1.29 bits per heavy atom. The summed E-state index contributed by atoms with van der Waals surface area (Å²) in [5.74, 6) is 0.542. The van der Waals surface area contributed by atoms with Gasteiger partial charge in [0.1, 0.15) is 0 Å². The Labute approximate surface area is 149 Å². The molecule has 0 saturated heterocycles. The molecule has 1 amide bonds. The molecule has 2 aromatic rings. The molecule has 0 fully saturated rings. The number of amides is 1. The number of carbonyl (C=O) groups excluding carboxylic acids is 1. The zero-order chi connectivity index (χ0) is 17.9. The van der Waals surface area contributed by atoms with Crippen LogP contribution in [-0.4, -0.2) is 15.7 Å². The maximum absolute atomic E-state index is 12.3. The van der Waals surface area contributed by atoms with Crippen LogP contribution in [0, 0.1) is 26.7 Å². The van der Waals surface area contributed by atoms with Gasteiger partial charge >= 0.3 is 0 Å². The summed E-state index contributed by atoms with van der Waals surface area (Å²) in [6.07, 6.45) is 1.13. The normalized spacial score (nSPS) is 11.1. The van der Waals surface area contributed by atoms with E-state index in [1.807, 2.05) is 36.7 Å². The van der Waals surface area contributed by atoms with Crippen molar-refractivity contribution in [2.45, 2.75) is 54.0 Å². The van der Waals surface area contributed by atoms with Gasteiger partial charge in [0.2, 0.25) is 5.91 Å². The van der Waals surface area contributed by atoms with Crippen LogP contribution >= 0.6 is 11.6 Å². The second-order valence-corrected chi connectivity index (χ2v) is 7.09. The number of nitrogens with one attached hydrogen (secondary N) is 1. The number of aryl methyl sites for hydroxylation is 1. The molecule has 1 N–H and O–H groups in total. The van der Waals surface area contributed by atoms with E-state index in [0.717, 1.165) is 29.2 Å². The molecule has 0 aliphatic rings. The van der Waals surface area contributed by atoms with Crippen molar-refractivity contribution < 1.29 is 4.79 Å². The maximum Gasteiger partial charge on any atom is 0.224 e. The summed E-state index contributed by atoms with van der Waals surface area (Å²) in [6.45, 7) is 11.3. The summed E-state index contributed by atoms with van der Waals surface area (Å²) in [5, 5.41) is 8.22. The standard InChI is InChI=1S/C19H26ClN3O/c1-12(2)11-23-15(5)16(14(4)22-23)9-10-19(24)21-18-8-6-7-17(20)13(18)3/h6-8,12H,9-11H2,1-5H3,(H,21,24). The quantitative estimate of drug-likeness (QED) is 0.824. The number of hydrogen-bond donors (Lipinski definition) is 1. The van der Waals surface area contributed by atoms with Crippen molar-refractivity contribution in [1.29, 1.82) is 0 Å². The predicted molar refractivity (Wildman–Crippen MR) is 99.7 cm³/mol. The first-order chi connectivity index (χ1) is 11.3. The molecular formula is C19H26ClN3O. The molecule has 130 valence electrons. The highest BCUT2D eigenvalue weighted by Crippen LogP contribution is 2.23. The average Bonchev–Trinajstić information content (AvgIpc) is 2.75. The largest absolute Gasteiger partial charge is 0.326 e. The Hall–Kier alpha value is -1.81. The second-order valence-electron chi connectivity index (χ2n) is 6.69. The van der Waals surface area contributed by atoms with Crippen LogP contribution in [0.1, 0.15) is 42.8 Å². The van der Waals surface area contributed by atoms with Gasteiger partial charge in [0, 0.05) is 29.4 Å². The summed E-state index contributed by atoms with van der Waals surface area (Å²) in [6, 6.07) is 5.54. The van der Waals surface area contributed by atoms with E-state index in [1.165, 1.54) is 5.56 Å². The molecule has 1 aromatic carbocycles. The van der Waals surface area contributed by atoms with E-state index >= 15 is 0 Å². The van der Waals surface area contributed by atoms with E-state index in [0.29, 0.717) is 23.8 Å². The number of nitrogens with zero attached hydrogens (tertiary/aromatic N) is 2. The third kappa shape index (κ3) is 4.38. The highest BCUT2D eigenvalue weighted by atomic mass is 35.5. The third-order valence-electron chi connectivity index (χ3n) is 4.21. The minimum Gasteiger partial charge on any atom is -0.326 e. The fraction of sp³-hybridized carbons (Fsp3) is 0.474. The number of rotatable bonds is 6. The molecule has 0 spiro atoms. The monoisotopic (exact) mass is 347 g/mol. The molecule has 0 bridgehead atoms. The van der Waals surface area contributed by atoms with Gasteiger partial charge in [-0.15, -0.1) is 0 Å².